The van der Waals surface area contributed by atoms with Crippen molar-refractivity contribution < 1.29 is 28.8 Å². The first-order valence-corrected chi connectivity index (χ1v) is 27.9. The van der Waals surface area contributed by atoms with Gasteiger partial charge in [0.15, 0.2) is 11.4 Å². The van der Waals surface area contributed by atoms with Crippen LogP contribution in [0.3, 0.4) is 0 Å². The normalized spacial score (nSPS) is 11.9. The molecular weight excluding hydrogens is 1120 g/mol. The number of rotatable bonds is 27. The van der Waals surface area contributed by atoms with Crippen LogP contribution in [0.2, 0.25) is 30.1 Å². The highest BCUT2D eigenvalue weighted by molar-refractivity contribution is 6.36. The Morgan fingerprint density at radius 2 is 0.782 bits per heavy atom. The second-order valence-corrected chi connectivity index (χ2v) is 21.2. The molecule has 6 amide bonds. The Kier molecular flexibility index (Phi) is 23.3. The number of carbonyl (C=O) groups excluding carboxylic acids is 6. The molecule has 16 nitrogen and oxygen atoms in total. The highest BCUT2D eigenvalue weighted by Crippen LogP contribution is 2.35. The van der Waals surface area contributed by atoms with Gasteiger partial charge in [-0.2, -0.15) is 10.2 Å². The number of hydrogen-bond acceptors (Lipinski definition) is 8. The third-order valence-electron chi connectivity index (χ3n) is 12.7. The predicted molar refractivity (Wildman–Crippen MR) is 310 cm³/mol. The molecule has 22 heteroatoms. The van der Waals surface area contributed by atoms with E-state index in [1.54, 1.807) is 70.0 Å². The fourth-order valence-corrected chi connectivity index (χ4v) is 10.0. The Morgan fingerprint density at radius 3 is 1.13 bits per heavy atom. The number of unbranched alkanes of at least 4 members (excludes halogenated alkanes) is 5. The van der Waals surface area contributed by atoms with Gasteiger partial charge < -0.3 is 31.9 Å². The average Bonchev–Trinajstić information content (AvgIpc) is 3.93. The minimum absolute atomic E-state index is 0.209. The summed E-state index contributed by atoms with van der Waals surface area (Å²) in [5.41, 5.74) is 5.81. The van der Waals surface area contributed by atoms with Gasteiger partial charge in [-0.05, 0) is 126 Å². The van der Waals surface area contributed by atoms with Crippen molar-refractivity contribution in [3.05, 3.63) is 138 Å². The van der Waals surface area contributed by atoms with Crippen molar-refractivity contribution in [3.63, 3.8) is 0 Å². The zero-order valence-electron chi connectivity index (χ0n) is 43.6. The zero-order valence-corrected chi connectivity index (χ0v) is 48.2. The number of nitrogens with zero attached hydrogens (tertiary/aromatic N) is 4. The topological polar surface area (TPSA) is 210 Å². The van der Waals surface area contributed by atoms with Crippen LogP contribution in [0.15, 0.2) is 84.9 Å². The third kappa shape index (κ3) is 17.2. The standard InChI is InChI=1S/C56H62Cl6N10O6/c1-33-49(69-71(47-25-23-41(59)31-43(47)61)51(33)37-15-19-39(57)20-16-37)55(77)65-28-10-6-5-9-27-63-53(75)45(67-35(3)73)13-7-11-29-64-54(76)46(68-36(4)74)14-8-12-30-66-56(78)50-34(2)52(38-17-21-40(58)22-18-38)72(70-50)48-26-24-42(60)32-44(48)62/h15-26,31-32,45-46H,5-14,27-30H2,1-4H3,(H,63,75)(H,64,76)(H,65,77)(H,66,78)(H,67,73)(H,68,74)/t45-,46-/m0/s1. The van der Waals surface area contributed by atoms with Crippen molar-refractivity contribution in [1.82, 2.24) is 51.5 Å². The van der Waals surface area contributed by atoms with Crippen molar-refractivity contribution in [2.24, 2.45) is 0 Å². The van der Waals surface area contributed by atoms with Crippen LogP contribution in [0, 0.1) is 13.8 Å². The van der Waals surface area contributed by atoms with Crippen LogP contribution >= 0.6 is 69.6 Å². The zero-order chi connectivity index (χ0) is 56.5. The van der Waals surface area contributed by atoms with Crippen LogP contribution in [-0.4, -0.2) is 93.3 Å². The van der Waals surface area contributed by atoms with Crippen LogP contribution in [0.1, 0.15) is 110 Å². The SMILES string of the molecule is CC(=O)N[C@@H](CCCCNC(=O)c1nn(-c2ccc(Cl)cc2Cl)c(-c2ccc(Cl)cc2)c1C)C(=O)NCCCC[C@H](NC(C)=O)C(=O)NCCCCCCNC(=O)c1nn(-c2ccc(Cl)cc2Cl)c(-c2ccc(Cl)cc2)c1C. The minimum Gasteiger partial charge on any atom is -0.354 e. The van der Waals surface area contributed by atoms with Crippen molar-refractivity contribution in [2.45, 2.75) is 104 Å². The summed E-state index contributed by atoms with van der Waals surface area (Å²) < 4.78 is 3.25. The summed E-state index contributed by atoms with van der Waals surface area (Å²) in [5, 5.41) is 29.3. The monoisotopic (exact) mass is 1180 g/mol. The number of aromatic nitrogens is 4. The molecule has 0 saturated heterocycles. The van der Waals surface area contributed by atoms with Gasteiger partial charge in [0.05, 0.1) is 32.8 Å². The number of benzene rings is 4. The number of nitrogens with one attached hydrogen (secondary N) is 6. The summed E-state index contributed by atoms with van der Waals surface area (Å²) >= 11 is 37.8. The molecule has 6 rings (SSSR count). The Hall–Kier alpha value is -6.14. The van der Waals surface area contributed by atoms with E-state index >= 15 is 0 Å². The average molecular weight is 1180 g/mol. The van der Waals surface area contributed by atoms with Gasteiger partial charge in [0.2, 0.25) is 23.6 Å². The van der Waals surface area contributed by atoms with Gasteiger partial charge >= 0.3 is 0 Å². The molecule has 2 heterocycles. The van der Waals surface area contributed by atoms with Crippen molar-refractivity contribution in [1.29, 1.82) is 0 Å². The second-order valence-electron chi connectivity index (χ2n) is 18.7. The molecule has 4 aromatic carbocycles. The first kappa shape index (κ1) is 61.1. The van der Waals surface area contributed by atoms with E-state index in [9.17, 15) is 28.8 Å². The van der Waals surface area contributed by atoms with Gasteiger partial charge in [-0.1, -0.05) is 107 Å². The van der Waals surface area contributed by atoms with E-state index in [0.29, 0.717) is 128 Å². The van der Waals surface area contributed by atoms with Crippen molar-refractivity contribution >= 4 is 105 Å². The van der Waals surface area contributed by atoms with E-state index < -0.39 is 12.1 Å². The quantitative estimate of drug-likeness (QED) is 0.0273. The maximum Gasteiger partial charge on any atom is 0.272 e. The molecule has 0 aliphatic heterocycles. The number of hydrogen-bond donors (Lipinski definition) is 6. The highest BCUT2D eigenvalue weighted by Gasteiger charge is 2.26. The Balaban J connectivity index is 0.887. The predicted octanol–water partition coefficient (Wildman–Crippen LogP) is 11.2. The largest absolute Gasteiger partial charge is 0.354 e. The van der Waals surface area contributed by atoms with E-state index in [2.05, 4.69) is 42.1 Å². The molecule has 78 heavy (non-hydrogen) atoms. The van der Waals surface area contributed by atoms with Crippen LogP contribution in [0.25, 0.3) is 33.9 Å². The van der Waals surface area contributed by atoms with Gasteiger partial charge in [-0.25, -0.2) is 9.36 Å². The van der Waals surface area contributed by atoms with E-state index in [1.807, 2.05) is 38.1 Å². The summed E-state index contributed by atoms with van der Waals surface area (Å²) in [4.78, 5) is 77.4. The van der Waals surface area contributed by atoms with E-state index in [1.165, 1.54) is 13.8 Å². The van der Waals surface area contributed by atoms with Gasteiger partial charge in [0.25, 0.3) is 11.8 Å². The summed E-state index contributed by atoms with van der Waals surface area (Å²) in [6, 6.07) is 23.0. The Labute approximate surface area is 484 Å². The molecular formula is C56H62Cl6N10O6. The molecule has 0 fully saturated rings. The highest BCUT2D eigenvalue weighted by atomic mass is 35.5. The van der Waals surface area contributed by atoms with Gasteiger partial charge in [-0.15, -0.1) is 0 Å². The van der Waals surface area contributed by atoms with E-state index in [0.717, 1.165) is 24.0 Å². The second kappa shape index (κ2) is 29.7. The van der Waals surface area contributed by atoms with Crippen LogP contribution in [0.4, 0.5) is 0 Å². The molecule has 414 valence electrons. The van der Waals surface area contributed by atoms with Crippen LogP contribution < -0.4 is 31.9 Å². The minimum atomic E-state index is -0.796. The third-order valence-corrected chi connectivity index (χ3v) is 14.3. The van der Waals surface area contributed by atoms with Crippen LogP contribution in [0.5, 0.6) is 0 Å². The summed E-state index contributed by atoms with van der Waals surface area (Å²) in [5.74, 6) is -2.06. The first-order valence-electron chi connectivity index (χ1n) is 25.6. The lowest BCUT2D eigenvalue weighted by molar-refractivity contribution is -0.128. The molecule has 6 aromatic rings. The lowest BCUT2D eigenvalue weighted by Gasteiger charge is -2.19. The van der Waals surface area contributed by atoms with Gasteiger partial charge in [0, 0.05) is 82.4 Å². The summed E-state index contributed by atoms with van der Waals surface area (Å²) in [7, 11) is 0. The summed E-state index contributed by atoms with van der Waals surface area (Å²) in [6.07, 6.45) is 5.74. The fourth-order valence-electron chi connectivity index (χ4n) is 8.79. The maximum atomic E-state index is 13.5. The molecule has 0 radical (unpaired) electrons. The summed E-state index contributed by atoms with van der Waals surface area (Å²) in [6.45, 7) is 7.74. The molecule has 0 spiro atoms. The first-order chi connectivity index (χ1) is 37.3. The van der Waals surface area contributed by atoms with Crippen molar-refractivity contribution in [3.8, 4) is 33.9 Å². The molecule has 2 aromatic heterocycles. The number of amides is 6. The number of halogens is 6. The molecule has 6 N–H and O–H groups in total. The lowest BCUT2D eigenvalue weighted by Crippen LogP contribution is -2.47. The molecule has 2 atom stereocenters. The number of carbonyl (C=O) groups is 6. The molecule has 0 bridgehead atoms. The van der Waals surface area contributed by atoms with Crippen molar-refractivity contribution in [2.75, 3.05) is 26.2 Å². The van der Waals surface area contributed by atoms with E-state index in [-0.39, 0.29) is 59.9 Å². The maximum absolute atomic E-state index is 13.5. The molecule has 0 aliphatic rings. The van der Waals surface area contributed by atoms with Gasteiger partial charge in [0.1, 0.15) is 12.1 Å². The Bertz CT molecular complexity index is 3090. The van der Waals surface area contributed by atoms with Gasteiger partial charge in [-0.3, -0.25) is 28.8 Å². The molecule has 0 unspecified atom stereocenters. The molecule has 0 aliphatic carbocycles. The van der Waals surface area contributed by atoms with E-state index in [4.69, 9.17) is 69.6 Å². The Morgan fingerprint density at radius 1 is 0.449 bits per heavy atom. The smallest absolute Gasteiger partial charge is 0.272 e. The lowest BCUT2D eigenvalue weighted by atomic mass is 10.1. The van der Waals surface area contributed by atoms with Crippen LogP contribution in [-0.2, 0) is 19.2 Å². The molecule has 0 saturated carbocycles. The fraction of sp³-hybridized carbons (Fsp3) is 0.357.